The molecule has 0 saturated carbocycles. The van der Waals surface area contributed by atoms with Crippen LogP contribution in [0.3, 0.4) is 0 Å². The van der Waals surface area contributed by atoms with Crippen LogP contribution in [-0.4, -0.2) is 89.7 Å². The van der Waals surface area contributed by atoms with Gasteiger partial charge in [-0.25, -0.2) is 0 Å². The lowest BCUT2D eigenvalue weighted by Gasteiger charge is -2.10. The molecular formula is C22H40N4O10. The van der Waals surface area contributed by atoms with E-state index in [0.717, 1.165) is 0 Å². The van der Waals surface area contributed by atoms with E-state index < -0.39 is 12.6 Å². The van der Waals surface area contributed by atoms with Crippen LogP contribution in [0.15, 0.2) is 24.7 Å². The van der Waals surface area contributed by atoms with Crippen molar-refractivity contribution in [1.29, 1.82) is 0 Å². The van der Waals surface area contributed by atoms with Gasteiger partial charge in [0, 0.05) is 41.3 Å². The van der Waals surface area contributed by atoms with Crippen LogP contribution in [0.1, 0.15) is 25.7 Å². The van der Waals surface area contributed by atoms with Gasteiger partial charge in [-0.3, -0.25) is 9.59 Å². The fraction of sp³-hybridized carbons (Fsp3) is 0.727. The van der Waals surface area contributed by atoms with Crippen molar-refractivity contribution in [3.8, 4) is 0 Å². The summed E-state index contributed by atoms with van der Waals surface area (Å²) in [6.07, 6.45) is 0.318. The number of hydrogen-bond acceptors (Lipinski definition) is 14. The maximum atomic E-state index is 10.4. The van der Waals surface area contributed by atoms with E-state index >= 15 is 0 Å². The van der Waals surface area contributed by atoms with Crippen molar-refractivity contribution in [2.24, 2.45) is 22.9 Å². The SMILES string of the molecule is C=C1CC(N)C(OC)O1.C=C1CC(N)C(OC)O1.COC1OC(=O)CC1N.COC1OC(=O)CC1N. The average Bonchev–Trinajstić information content (AvgIpc) is 3.54. The molecule has 0 bridgehead atoms. The summed E-state index contributed by atoms with van der Waals surface area (Å²) in [4.78, 5) is 20.9. The highest BCUT2D eigenvalue weighted by Crippen LogP contribution is 2.21. The molecule has 0 aromatic carbocycles. The Kier molecular flexibility index (Phi) is 13.9. The highest BCUT2D eigenvalue weighted by molar-refractivity contribution is 5.72. The number of cyclic esters (lactones) is 2. The van der Waals surface area contributed by atoms with E-state index in [9.17, 15) is 9.59 Å². The number of carbonyl (C=O) groups is 2. The van der Waals surface area contributed by atoms with E-state index in [1.807, 2.05) is 0 Å². The van der Waals surface area contributed by atoms with E-state index in [1.54, 1.807) is 14.2 Å². The van der Waals surface area contributed by atoms with Crippen molar-refractivity contribution in [3.63, 3.8) is 0 Å². The largest absolute Gasteiger partial charge is 0.468 e. The summed E-state index contributed by atoms with van der Waals surface area (Å²) >= 11 is 0. The van der Waals surface area contributed by atoms with Gasteiger partial charge < -0.3 is 60.8 Å². The van der Waals surface area contributed by atoms with Gasteiger partial charge in [0.15, 0.2) is 0 Å². The number of methoxy groups -OCH3 is 4. The van der Waals surface area contributed by atoms with Crippen LogP contribution in [0.2, 0.25) is 0 Å². The Morgan fingerprint density at radius 1 is 0.556 bits per heavy atom. The van der Waals surface area contributed by atoms with E-state index in [4.69, 9.17) is 51.4 Å². The van der Waals surface area contributed by atoms with Crippen LogP contribution >= 0.6 is 0 Å². The molecule has 14 nitrogen and oxygen atoms in total. The van der Waals surface area contributed by atoms with Crippen molar-refractivity contribution in [2.45, 2.75) is 75.0 Å². The molecule has 208 valence electrons. The lowest BCUT2D eigenvalue weighted by molar-refractivity contribution is -0.159. The van der Waals surface area contributed by atoms with Crippen LogP contribution in [0, 0.1) is 0 Å². The van der Waals surface area contributed by atoms with Gasteiger partial charge in [0.05, 0.1) is 48.5 Å². The van der Waals surface area contributed by atoms with Crippen molar-refractivity contribution in [1.82, 2.24) is 0 Å². The number of nitrogens with two attached hydrogens (primary N) is 4. The third-order valence-corrected chi connectivity index (χ3v) is 5.12. The molecular weight excluding hydrogens is 480 g/mol. The van der Waals surface area contributed by atoms with Gasteiger partial charge in [-0.2, -0.15) is 0 Å². The Labute approximate surface area is 211 Å². The third kappa shape index (κ3) is 10.4. The van der Waals surface area contributed by atoms with Gasteiger partial charge in [0.2, 0.25) is 25.2 Å². The average molecular weight is 521 g/mol. The number of hydrogen-bond donors (Lipinski definition) is 4. The van der Waals surface area contributed by atoms with Gasteiger partial charge >= 0.3 is 11.9 Å². The molecule has 36 heavy (non-hydrogen) atoms. The second kappa shape index (κ2) is 15.7. The fourth-order valence-electron chi connectivity index (χ4n) is 3.32. The zero-order valence-electron chi connectivity index (χ0n) is 21.3. The van der Waals surface area contributed by atoms with Gasteiger partial charge in [0.1, 0.15) is 0 Å². The van der Waals surface area contributed by atoms with Crippen molar-refractivity contribution < 1.29 is 47.5 Å². The molecule has 14 heteroatoms. The Hall–Kier alpha value is -2.30. The van der Waals surface area contributed by atoms with Gasteiger partial charge in [0.25, 0.3) is 0 Å². The zero-order chi connectivity index (χ0) is 27.4. The summed E-state index contributed by atoms with van der Waals surface area (Å²) in [7, 11) is 6.07. The first kappa shape index (κ1) is 31.7. The number of esters is 2. The van der Waals surface area contributed by atoms with Crippen molar-refractivity contribution >= 4 is 11.9 Å². The lowest BCUT2D eigenvalue weighted by atomic mass is 10.2. The van der Waals surface area contributed by atoms with Gasteiger partial charge in [-0.15, -0.1) is 0 Å². The molecule has 0 aliphatic carbocycles. The topological polar surface area (TPSA) is 212 Å². The summed E-state index contributed by atoms with van der Waals surface area (Å²) in [5.74, 6) is 0.868. The van der Waals surface area contributed by atoms with Crippen LogP contribution in [0.4, 0.5) is 0 Å². The molecule has 0 aromatic rings. The number of rotatable bonds is 4. The number of ether oxygens (including phenoxy) is 8. The molecule has 4 heterocycles. The minimum absolute atomic E-state index is 0.0394. The normalized spacial score (nSPS) is 34.7. The molecule has 0 radical (unpaired) electrons. The van der Waals surface area contributed by atoms with Crippen molar-refractivity contribution in [3.05, 3.63) is 24.7 Å². The van der Waals surface area contributed by atoms with Crippen LogP contribution in [0.5, 0.6) is 0 Å². The first-order valence-electron chi connectivity index (χ1n) is 11.2. The molecule has 0 amide bonds. The first-order chi connectivity index (χ1) is 16.9. The minimum Gasteiger partial charge on any atom is -0.468 e. The monoisotopic (exact) mass is 520 g/mol. The summed E-state index contributed by atoms with van der Waals surface area (Å²) in [6.45, 7) is 7.24. The summed E-state index contributed by atoms with van der Waals surface area (Å²) in [6, 6.07) is -0.657. The molecule has 8 unspecified atom stereocenters. The Balaban J connectivity index is 0.000000240. The molecule has 4 aliphatic rings. The molecule has 0 spiro atoms. The predicted molar refractivity (Wildman–Crippen MR) is 126 cm³/mol. The maximum Gasteiger partial charge on any atom is 0.309 e. The van der Waals surface area contributed by atoms with Crippen molar-refractivity contribution in [2.75, 3.05) is 28.4 Å². The van der Waals surface area contributed by atoms with E-state index in [-0.39, 0.29) is 61.5 Å². The second-order valence-electron chi connectivity index (χ2n) is 8.18. The molecule has 8 N–H and O–H groups in total. The second-order valence-corrected chi connectivity index (χ2v) is 8.18. The Morgan fingerprint density at radius 2 is 0.806 bits per heavy atom. The fourth-order valence-corrected chi connectivity index (χ4v) is 3.32. The van der Waals surface area contributed by atoms with E-state index in [1.165, 1.54) is 14.2 Å². The molecule has 0 aromatic heterocycles. The smallest absolute Gasteiger partial charge is 0.309 e. The number of carbonyl (C=O) groups excluding carboxylic acids is 2. The third-order valence-electron chi connectivity index (χ3n) is 5.12. The standard InChI is InChI=1S/2C6H11NO2.2C5H9NO3/c2*1-4-3-5(7)6(8-2)9-4;2*1-8-5-3(6)2-4(7)9-5/h2*5-6H,1,3,7H2,2H3;2*3,5H,2,6H2,1H3. The lowest BCUT2D eigenvalue weighted by Crippen LogP contribution is -2.31. The predicted octanol–water partition coefficient (Wildman–Crippen LogP) is -1.09. The highest BCUT2D eigenvalue weighted by Gasteiger charge is 2.32. The maximum absolute atomic E-state index is 10.4. The zero-order valence-corrected chi connectivity index (χ0v) is 21.3. The molecule has 4 rings (SSSR count). The molecule has 4 aliphatic heterocycles. The summed E-state index contributed by atoms with van der Waals surface area (Å²) in [5, 5.41) is 0. The molecule has 4 saturated heterocycles. The summed E-state index contributed by atoms with van der Waals surface area (Å²) < 4.78 is 38.7. The van der Waals surface area contributed by atoms with Crippen LogP contribution < -0.4 is 22.9 Å². The van der Waals surface area contributed by atoms with Crippen LogP contribution in [0.25, 0.3) is 0 Å². The first-order valence-corrected chi connectivity index (χ1v) is 11.2. The quantitative estimate of drug-likeness (QED) is 0.324. The minimum atomic E-state index is -0.530. The highest BCUT2D eigenvalue weighted by atomic mass is 16.7. The van der Waals surface area contributed by atoms with E-state index in [2.05, 4.69) is 22.6 Å². The summed E-state index contributed by atoms with van der Waals surface area (Å²) in [5.41, 5.74) is 22.0. The Bertz CT molecular complexity index is 620. The van der Waals surface area contributed by atoms with E-state index in [0.29, 0.717) is 24.4 Å². The molecule has 4 fully saturated rings. The van der Waals surface area contributed by atoms with Gasteiger partial charge in [-0.1, -0.05) is 13.2 Å². The van der Waals surface area contributed by atoms with Crippen LogP contribution in [-0.2, 0) is 47.5 Å². The van der Waals surface area contributed by atoms with Gasteiger partial charge in [-0.05, 0) is 0 Å². The molecule has 8 atom stereocenters. The Morgan fingerprint density at radius 3 is 0.917 bits per heavy atom.